The standard InChI is InChI=1S/C20H17N5O/c1-2-14-3-7-16(8-4-14)24-19-13-22-18(12-23-19)20(26)25-17-9-5-15(11-21)6-10-17/h3-10,12-13H,2H2,1H3,(H,23,24)(H,25,26). The summed E-state index contributed by atoms with van der Waals surface area (Å²) in [6.07, 6.45) is 3.92. The lowest BCUT2D eigenvalue weighted by Gasteiger charge is -2.07. The molecule has 3 rings (SSSR count). The van der Waals surface area contributed by atoms with Gasteiger partial charge >= 0.3 is 0 Å². The maximum Gasteiger partial charge on any atom is 0.275 e. The van der Waals surface area contributed by atoms with E-state index in [1.165, 1.54) is 18.0 Å². The van der Waals surface area contributed by atoms with Crippen molar-refractivity contribution in [2.24, 2.45) is 0 Å². The van der Waals surface area contributed by atoms with Crippen LogP contribution < -0.4 is 10.6 Å². The highest BCUT2D eigenvalue weighted by Gasteiger charge is 2.09. The van der Waals surface area contributed by atoms with Gasteiger partial charge in [0.1, 0.15) is 11.5 Å². The maximum absolute atomic E-state index is 12.2. The lowest BCUT2D eigenvalue weighted by Crippen LogP contribution is -2.14. The molecule has 1 amide bonds. The zero-order valence-electron chi connectivity index (χ0n) is 14.2. The van der Waals surface area contributed by atoms with Gasteiger partial charge in [-0.05, 0) is 48.4 Å². The average molecular weight is 343 g/mol. The lowest BCUT2D eigenvalue weighted by molar-refractivity contribution is 0.102. The molecule has 26 heavy (non-hydrogen) atoms. The van der Waals surface area contributed by atoms with Crippen LogP contribution in [0, 0.1) is 11.3 Å². The van der Waals surface area contributed by atoms with Gasteiger partial charge in [-0.2, -0.15) is 5.26 Å². The molecule has 0 unspecified atom stereocenters. The van der Waals surface area contributed by atoms with Crippen molar-refractivity contribution in [2.75, 3.05) is 10.6 Å². The van der Waals surface area contributed by atoms with Crippen molar-refractivity contribution in [3.8, 4) is 6.07 Å². The van der Waals surface area contributed by atoms with Gasteiger partial charge in [-0.1, -0.05) is 19.1 Å². The van der Waals surface area contributed by atoms with Crippen LogP contribution in [-0.2, 0) is 6.42 Å². The van der Waals surface area contributed by atoms with Crippen molar-refractivity contribution >= 4 is 23.1 Å². The smallest absolute Gasteiger partial charge is 0.275 e. The number of aromatic nitrogens is 2. The Morgan fingerprint density at radius 3 is 2.27 bits per heavy atom. The van der Waals surface area contributed by atoms with Crippen molar-refractivity contribution in [3.05, 3.63) is 77.7 Å². The molecule has 1 heterocycles. The Morgan fingerprint density at radius 2 is 1.69 bits per heavy atom. The predicted molar refractivity (Wildman–Crippen MR) is 100 cm³/mol. The third-order valence-corrected chi connectivity index (χ3v) is 3.79. The van der Waals surface area contributed by atoms with Crippen LogP contribution in [0.4, 0.5) is 17.2 Å². The third kappa shape index (κ3) is 4.22. The van der Waals surface area contributed by atoms with Gasteiger partial charge < -0.3 is 10.6 Å². The minimum Gasteiger partial charge on any atom is -0.339 e. The van der Waals surface area contributed by atoms with E-state index in [4.69, 9.17) is 5.26 Å². The fourth-order valence-electron chi connectivity index (χ4n) is 2.30. The molecule has 0 radical (unpaired) electrons. The van der Waals surface area contributed by atoms with Crippen molar-refractivity contribution < 1.29 is 4.79 Å². The van der Waals surface area contributed by atoms with Crippen LogP contribution in [0.5, 0.6) is 0 Å². The summed E-state index contributed by atoms with van der Waals surface area (Å²) in [5.74, 6) is 0.199. The second-order valence-corrected chi connectivity index (χ2v) is 5.61. The third-order valence-electron chi connectivity index (χ3n) is 3.79. The van der Waals surface area contributed by atoms with E-state index in [1.54, 1.807) is 24.3 Å². The summed E-state index contributed by atoms with van der Waals surface area (Å²) in [6, 6.07) is 16.7. The highest BCUT2D eigenvalue weighted by atomic mass is 16.1. The van der Waals surface area contributed by atoms with Crippen molar-refractivity contribution in [1.82, 2.24) is 9.97 Å². The van der Waals surface area contributed by atoms with Crippen LogP contribution in [0.3, 0.4) is 0 Å². The molecule has 3 aromatic rings. The first kappa shape index (κ1) is 17.1. The van der Waals surface area contributed by atoms with Crippen molar-refractivity contribution in [2.45, 2.75) is 13.3 Å². The Kier molecular flexibility index (Phi) is 5.20. The highest BCUT2D eigenvalue weighted by Crippen LogP contribution is 2.15. The zero-order valence-corrected chi connectivity index (χ0v) is 14.2. The second kappa shape index (κ2) is 7.90. The van der Waals surface area contributed by atoms with Gasteiger partial charge in [-0.25, -0.2) is 9.97 Å². The molecule has 128 valence electrons. The Hall–Kier alpha value is -3.72. The Balaban J connectivity index is 1.64. The zero-order chi connectivity index (χ0) is 18.4. The normalized spacial score (nSPS) is 10.0. The van der Waals surface area contributed by atoms with Gasteiger partial charge in [0.05, 0.1) is 24.0 Å². The lowest BCUT2D eigenvalue weighted by atomic mass is 10.1. The van der Waals surface area contributed by atoms with Crippen molar-refractivity contribution in [1.29, 1.82) is 5.26 Å². The van der Waals surface area contributed by atoms with Crippen LogP contribution >= 0.6 is 0 Å². The molecular formula is C20H17N5O. The largest absolute Gasteiger partial charge is 0.339 e. The van der Waals surface area contributed by atoms with E-state index in [-0.39, 0.29) is 11.6 Å². The van der Waals surface area contributed by atoms with Gasteiger partial charge in [-0.3, -0.25) is 4.79 Å². The molecule has 0 atom stereocenters. The first-order valence-corrected chi connectivity index (χ1v) is 8.17. The summed E-state index contributed by atoms with van der Waals surface area (Å²) in [6.45, 7) is 2.11. The molecule has 6 heteroatoms. The summed E-state index contributed by atoms with van der Waals surface area (Å²) >= 11 is 0. The molecule has 0 fully saturated rings. The number of hydrogen-bond acceptors (Lipinski definition) is 5. The summed E-state index contributed by atoms with van der Waals surface area (Å²) in [5, 5.41) is 14.7. The van der Waals surface area contributed by atoms with E-state index < -0.39 is 0 Å². The minimum absolute atomic E-state index is 0.209. The molecule has 0 saturated heterocycles. The maximum atomic E-state index is 12.2. The van der Waals surface area contributed by atoms with Crippen LogP contribution in [0.1, 0.15) is 28.5 Å². The van der Waals surface area contributed by atoms with Crippen molar-refractivity contribution in [3.63, 3.8) is 0 Å². The summed E-state index contributed by atoms with van der Waals surface area (Å²) in [4.78, 5) is 20.6. The van der Waals surface area contributed by atoms with Gasteiger partial charge in [0.25, 0.3) is 5.91 Å². The number of hydrogen-bond donors (Lipinski definition) is 2. The fraction of sp³-hybridized carbons (Fsp3) is 0.100. The molecule has 6 nitrogen and oxygen atoms in total. The van der Waals surface area contributed by atoms with Gasteiger partial charge in [0, 0.05) is 11.4 Å². The Morgan fingerprint density at radius 1 is 1.00 bits per heavy atom. The van der Waals surface area contributed by atoms with Gasteiger partial charge in [-0.15, -0.1) is 0 Å². The Bertz CT molecular complexity index is 926. The first-order chi connectivity index (χ1) is 12.7. The summed E-state index contributed by atoms with van der Waals surface area (Å²) in [7, 11) is 0. The molecule has 0 saturated carbocycles. The van der Waals surface area contributed by atoms with Crippen LogP contribution in [0.25, 0.3) is 0 Å². The molecule has 0 aliphatic carbocycles. The Labute approximate surface area is 151 Å². The number of benzene rings is 2. The van der Waals surface area contributed by atoms with Crippen LogP contribution in [0.2, 0.25) is 0 Å². The molecule has 0 spiro atoms. The van der Waals surface area contributed by atoms with Gasteiger partial charge in [0.2, 0.25) is 0 Å². The number of nitrogens with one attached hydrogen (secondary N) is 2. The summed E-state index contributed by atoms with van der Waals surface area (Å²) in [5.41, 5.74) is 3.50. The number of rotatable bonds is 5. The highest BCUT2D eigenvalue weighted by molar-refractivity contribution is 6.02. The summed E-state index contributed by atoms with van der Waals surface area (Å²) < 4.78 is 0. The van der Waals surface area contributed by atoms with Crippen LogP contribution in [0.15, 0.2) is 60.9 Å². The molecule has 2 N–H and O–H groups in total. The number of carbonyl (C=O) groups excluding carboxylic acids is 1. The predicted octanol–water partition coefficient (Wildman–Crippen LogP) is 3.91. The van der Waals surface area contributed by atoms with E-state index in [0.717, 1.165) is 12.1 Å². The second-order valence-electron chi connectivity index (χ2n) is 5.61. The minimum atomic E-state index is -0.360. The first-order valence-electron chi connectivity index (χ1n) is 8.17. The van der Waals surface area contributed by atoms with Crippen LogP contribution in [-0.4, -0.2) is 15.9 Å². The monoisotopic (exact) mass is 343 g/mol. The molecule has 2 aromatic carbocycles. The van der Waals surface area contributed by atoms with E-state index in [1.807, 2.05) is 18.2 Å². The SMILES string of the molecule is CCc1ccc(Nc2cnc(C(=O)Nc3ccc(C#N)cc3)cn2)cc1. The number of nitriles is 1. The molecule has 1 aromatic heterocycles. The number of aryl methyl sites for hydroxylation is 1. The molecule has 0 aliphatic heterocycles. The number of anilines is 3. The van der Waals surface area contributed by atoms with E-state index >= 15 is 0 Å². The van der Waals surface area contributed by atoms with E-state index in [0.29, 0.717) is 17.1 Å². The average Bonchev–Trinajstić information content (AvgIpc) is 2.69. The van der Waals surface area contributed by atoms with E-state index in [2.05, 4.69) is 39.7 Å². The number of carbonyl (C=O) groups is 1. The molecule has 0 aliphatic rings. The topological polar surface area (TPSA) is 90.7 Å². The molecule has 0 bridgehead atoms. The van der Waals surface area contributed by atoms with E-state index in [9.17, 15) is 4.79 Å². The fourth-order valence-corrected chi connectivity index (χ4v) is 2.30. The quantitative estimate of drug-likeness (QED) is 0.733. The number of nitrogens with zero attached hydrogens (tertiary/aromatic N) is 3. The van der Waals surface area contributed by atoms with Gasteiger partial charge in [0.15, 0.2) is 0 Å². The number of amides is 1. The molecular weight excluding hydrogens is 326 g/mol.